The lowest BCUT2D eigenvalue weighted by molar-refractivity contribution is -0.159. The largest absolute Gasteiger partial charge is 0.393 e. The van der Waals surface area contributed by atoms with Crippen molar-refractivity contribution in [2.75, 3.05) is 0 Å². The summed E-state index contributed by atoms with van der Waals surface area (Å²) < 4.78 is 4.92. The normalized spacial score (nSPS) is 11.2. The zero-order valence-corrected chi connectivity index (χ0v) is 19.5. The fraction of sp³-hybridized carbons (Fsp3) is 0.846. The number of hydrogen-bond acceptors (Lipinski definition) is 3. The van der Waals surface area contributed by atoms with Gasteiger partial charge in [-0.2, -0.15) is 0 Å². The van der Waals surface area contributed by atoms with Gasteiger partial charge in [0.15, 0.2) is 0 Å². The molecule has 0 saturated heterocycles. The second-order valence-electron chi connectivity index (χ2n) is 8.34. The lowest BCUT2D eigenvalue weighted by Crippen LogP contribution is -2.11. The molecule has 0 amide bonds. The summed E-state index contributed by atoms with van der Waals surface area (Å²) in [6, 6.07) is 0. The molecule has 29 heavy (non-hydrogen) atoms. The van der Waals surface area contributed by atoms with E-state index in [9.17, 15) is 9.59 Å². The van der Waals surface area contributed by atoms with Gasteiger partial charge < -0.3 is 4.74 Å². The Labute approximate surface area is 181 Å². The van der Waals surface area contributed by atoms with E-state index in [0.717, 1.165) is 32.1 Å². The van der Waals surface area contributed by atoms with Gasteiger partial charge in [0.2, 0.25) is 0 Å². The molecule has 0 fully saturated rings. The molecule has 0 heterocycles. The quantitative estimate of drug-likeness (QED) is 0.0828. The van der Waals surface area contributed by atoms with E-state index in [-0.39, 0.29) is 11.9 Å². The van der Waals surface area contributed by atoms with Crippen molar-refractivity contribution < 1.29 is 14.3 Å². The molecule has 0 spiro atoms. The lowest BCUT2D eigenvalue weighted by atomic mass is 10.1. The van der Waals surface area contributed by atoms with E-state index in [2.05, 4.69) is 26.0 Å². The van der Waals surface area contributed by atoms with E-state index < -0.39 is 0 Å². The molecule has 0 radical (unpaired) electrons. The predicted octanol–water partition coefficient (Wildman–Crippen LogP) is 8.45. The molecular formula is C26H48O3. The average Bonchev–Trinajstić information content (AvgIpc) is 2.70. The Morgan fingerprint density at radius 2 is 0.862 bits per heavy atom. The number of hydrogen-bond donors (Lipinski definition) is 0. The van der Waals surface area contributed by atoms with E-state index in [4.69, 9.17) is 4.74 Å². The summed E-state index contributed by atoms with van der Waals surface area (Å²) in [6.45, 7) is 4.46. The summed E-state index contributed by atoms with van der Waals surface area (Å²) in [5.41, 5.74) is 0. The van der Waals surface area contributed by atoms with Crippen LogP contribution in [0.15, 0.2) is 12.2 Å². The molecule has 0 saturated carbocycles. The standard InChI is InChI=1S/C26H48O3/c1-3-5-7-9-11-12-13-14-15-16-18-20-22-24-26(28)29-25(27)23-21-19-17-10-8-6-4-2/h12-13H,3-11,14-24H2,1-2H3/b13-12-. The Bertz CT molecular complexity index is 401. The van der Waals surface area contributed by atoms with Crippen molar-refractivity contribution in [2.24, 2.45) is 0 Å². The van der Waals surface area contributed by atoms with Gasteiger partial charge in [0.25, 0.3) is 0 Å². The molecule has 0 aromatic heterocycles. The molecule has 0 aromatic rings. The molecule has 0 aliphatic heterocycles. The van der Waals surface area contributed by atoms with Gasteiger partial charge in [0, 0.05) is 12.8 Å². The summed E-state index contributed by atoms with van der Waals surface area (Å²) in [7, 11) is 0. The number of allylic oxidation sites excluding steroid dienone is 2. The van der Waals surface area contributed by atoms with Crippen LogP contribution in [-0.2, 0) is 14.3 Å². The van der Waals surface area contributed by atoms with Crippen LogP contribution in [-0.4, -0.2) is 11.9 Å². The van der Waals surface area contributed by atoms with Crippen LogP contribution < -0.4 is 0 Å². The zero-order valence-electron chi connectivity index (χ0n) is 19.5. The van der Waals surface area contributed by atoms with Crippen LogP contribution in [0.4, 0.5) is 0 Å². The Balaban J connectivity index is 3.36. The summed E-state index contributed by atoms with van der Waals surface area (Å²) in [5, 5.41) is 0. The Morgan fingerprint density at radius 3 is 1.31 bits per heavy atom. The average molecular weight is 409 g/mol. The van der Waals surface area contributed by atoms with Gasteiger partial charge in [0.1, 0.15) is 0 Å². The number of esters is 2. The monoisotopic (exact) mass is 408 g/mol. The van der Waals surface area contributed by atoms with Gasteiger partial charge >= 0.3 is 11.9 Å². The molecule has 0 atom stereocenters. The van der Waals surface area contributed by atoms with Crippen molar-refractivity contribution in [1.29, 1.82) is 0 Å². The number of rotatable bonds is 21. The fourth-order valence-electron chi connectivity index (χ4n) is 3.44. The lowest BCUT2D eigenvalue weighted by Gasteiger charge is -2.04. The second kappa shape index (κ2) is 23.2. The maximum Gasteiger partial charge on any atom is 0.313 e. The number of carbonyl (C=O) groups excluding carboxylic acids is 2. The highest BCUT2D eigenvalue weighted by Gasteiger charge is 2.09. The second-order valence-corrected chi connectivity index (χ2v) is 8.34. The third kappa shape index (κ3) is 23.0. The van der Waals surface area contributed by atoms with Crippen LogP contribution in [0, 0.1) is 0 Å². The van der Waals surface area contributed by atoms with Gasteiger partial charge in [-0.15, -0.1) is 0 Å². The Morgan fingerprint density at radius 1 is 0.517 bits per heavy atom. The molecule has 0 rings (SSSR count). The molecule has 3 nitrogen and oxygen atoms in total. The summed E-state index contributed by atoms with van der Waals surface area (Å²) in [4.78, 5) is 23.4. The summed E-state index contributed by atoms with van der Waals surface area (Å²) in [6.07, 6.45) is 26.8. The molecule has 0 unspecified atom stereocenters. The van der Waals surface area contributed by atoms with Crippen molar-refractivity contribution >= 4 is 11.9 Å². The van der Waals surface area contributed by atoms with Crippen molar-refractivity contribution in [3.8, 4) is 0 Å². The molecule has 0 N–H and O–H groups in total. The van der Waals surface area contributed by atoms with Gasteiger partial charge in [-0.3, -0.25) is 9.59 Å². The van der Waals surface area contributed by atoms with E-state index in [1.54, 1.807) is 0 Å². The van der Waals surface area contributed by atoms with Crippen LogP contribution in [0.2, 0.25) is 0 Å². The molecule has 170 valence electrons. The molecule has 3 heteroatoms. The van der Waals surface area contributed by atoms with Gasteiger partial charge in [-0.1, -0.05) is 103 Å². The van der Waals surface area contributed by atoms with Gasteiger partial charge in [-0.25, -0.2) is 0 Å². The van der Waals surface area contributed by atoms with Gasteiger partial charge in [-0.05, 0) is 38.5 Å². The van der Waals surface area contributed by atoms with E-state index in [1.165, 1.54) is 83.5 Å². The highest BCUT2D eigenvalue weighted by molar-refractivity contribution is 5.85. The SMILES string of the molecule is CCCCCC/C=C\CCCCCCCC(=O)OC(=O)CCCCCCCCC. The van der Waals surface area contributed by atoms with Gasteiger partial charge in [0.05, 0.1) is 0 Å². The zero-order chi connectivity index (χ0) is 21.4. The number of carbonyl (C=O) groups is 2. The molecule has 0 aliphatic rings. The van der Waals surface area contributed by atoms with Crippen LogP contribution >= 0.6 is 0 Å². The number of unbranched alkanes of at least 4 members (excludes halogenated alkanes) is 15. The maximum atomic E-state index is 11.7. The van der Waals surface area contributed by atoms with Crippen LogP contribution in [0.3, 0.4) is 0 Å². The fourth-order valence-corrected chi connectivity index (χ4v) is 3.44. The van der Waals surface area contributed by atoms with E-state index >= 15 is 0 Å². The Kier molecular flexibility index (Phi) is 22.3. The smallest absolute Gasteiger partial charge is 0.313 e. The first kappa shape index (κ1) is 27.9. The third-order valence-corrected chi connectivity index (χ3v) is 5.35. The molecular weight excluding hydrogens is 360 g/mol. The molecule has 0 aromatic carbocycles. The highest BCUT2D eigenvalue weighted by Crippen LogP contribution is 2.11. The minimum atomic E-state index is -0.344. The first-order valence-electron chi connectivity index (χ1n) is 12.6. The van der Waals surface area contributed by atoms with Crippen LogP contribution in [0.5, 0.6) is 0 Å². The first-order valence-corrected chi connectivity index (χ1v) is 12.6. The summed E-state index contributed by atoms with van der Waals surface area (Å²) >= 11 is 0. The molecule has 0 bridgehead atoms. The third-order valence-electron chi connectivity index (χ3n) is 5.35. The Hall–Kier alpha value is -1.12. The van der Waals surface area contributed by atoms with Crippen LogP contribution in [0.1, 0.15) is 142 Å². The van der Waals surface area contributed by atoms with Crippen molar-refractivity contribution in [3.05, 3.63) is 12.2 Å². The predicted molar refractivity (Wildman–Crippen MR) is 124 cm³/mol. The number of ether oxygens (including phenoxy) is 1. The van der Waals surface area contributed by atoms with Crippen molar-refractivity contribution in [1.82, 2.24) is 0 Å². The van der Waals surface area contributed by atoms with Crippen molar-refractivity contribution in [2.45, 2.75) is 142 Å². The molecule has 0 aliphatic carbocycles. The minimum Gasteiger partial charge on any atom is -0.393 e. The van der Waals surface area contributed by atoms with Crippen molar-refractivity contribution in [3.63, 3.8) is 0 Å². The van der Waals surface area contributed by atoms with Crippen LogP contribution in [0.25, 0.3) is 0 Å². The van der Waals surface area contributed by atoms with E-state index in [0.29, 0.717) is 12.8 Å². The highest BCUT2D eigenvalue weighted by atomic mass is 16.6. The topological polar surface area (TPSA) is 43.4 Å². The minimum absolute atomic E-state index is 0.343. The first-order chi connectivity index (χ1) is 14.2. The summed E-state index contributed by atoms with van der Waals surface area (Å²) in [5.74, 6) is -0.686. The van der Waals surface area contributed by atoms with E-state index in [1.807, 2.05) is 0 Å². The maximum absolute atomic E-state index is 11.7.